The van der Waals surface area contributed by atoms with Crippen LogP contribution in [0.4, 0.5) is 21.1 Å². The van der Waals surface area contributed by atoms with Crippen LogP contribution in [0.1, 0.15) is 76.1 Å². The number of terminal acetylenes is 1. The van der Waals surface area contributed by atoms with E-state index < -0.39 is 47.5 Å². The van der Waals surface area contributed by atoms with Gasteiger partial charge in [-0.15, -0.1) is 6.42 Å². The number of alkyl carbamates (subject to hydrolysis) is 2. The molecule has 4 fully saturated rings. The minimum Gasteiger partial charge on any atom is -0.453 e. The van der Waals surface area contributed by atoms with E-state index in [0.29, 0.717) is 81.5 Å². The number of anilines is 2. The van der Waals surface area contributed by atoms with E-state index in [1.165, 1.54) is 19.1 Å². The van der Waals surface area contributed by atoms with Crippen LogP contribution in [0.2, 0.25) is 0 Å². The number of benzene rings is 2. The number of likely N-dealkylation sites (tertiary alicyclic amines) is 2. The van der Waals surface area contributed by atoms with Gasteiger partial charge in [0, 0.05) is 44.2 Å². The third kappa shape index (κ3) is 10.7. The normalized spacial score (nSPS) is 21.2. The molecule has 1 spiro atoms. The van der Waals surface area contributed by atoms with E-state index in [0.717, 1.165) is 22.4 Å². The van der Waals surface area contributed by atoms with Gasteiger partial charge in [-0.2, -0.15) is 0 Å². The molecule has 20 nitrogen and oxygen atoms in total. The van der Waals surface area contributed by atoms with Crippen molar-refractivity contribution >= 4 is 47.3 Å². The van der Waals surface area contributed by atoms with Crippen LogP contribution in [-0.2, 0) is 33.3 Å². The number of carbonyl (C=O) groups is 6. The number of nitrogens with zero attached hydrogens (tertiary/aromatic N) is 6. The summed E-state index contributed by atoms with van der Waals surface area (Å²) in [5, 5.41) is 8.22. The van der Waals surface area contributed by atoms with E-state index >= 15 is 0 Å². The molecule has 4 aromatic rings. The van der Waals surface area contributed by atoms with Crippen LogP contribution >= 0.6 is 0 Å². The summed E-state index contributed by atoms with van der Waals surface area (Å²) >= 11 is 0. The minimum absolute atomic E-state index is 0.144. The summed E-state index contributed by atoms with van der Waals surface area (Å²) in [7, 11) is 2.48. The van der Waals surface area contributed by atoms with E-state index in [1.54, 1.807) is 54.2 Å². The van der Waals surface area contributed by atoms with Crippen molar-refractivity contribution in [3.8, 4) is 34.7 Å². The zero-order valence-electron chi connectivity index (χ0n) is 42.3. The molecule has 6 amide bonds. The van der Waals surface area contributed by atoms with E-state index in [2.05, 4.69) is 36.7 Å². The fourth-order valence-electron chi connectivity index (χ4n) is 10.2. The van der Waals surface area contributed by atoms with Gasteiger partial charge >= 0.3 is 12.2 Å². The van der Waals surface area contributed by atoms with Gasteiger partial charge in [0.25, 0.3) is 11.8 Å². The van der Waals surface area contributed by atoms with E-state index in [1.807, 2.05) is 63.2 Å². The molecule has 20 heteroatoms. The van der Waals surface area contributed by atoms with Gasteiger partial charge in [0.15, 0.2) is 11.3 Å². The predicted molar refractivity (Wildman–Crippen MR) is 270 cm³/mol. The molecule has 6 heterocycles. The Labute approximate surface area is 424 Å². The minimum atomic E-state index is -1.47. The Morgan fingerprint density at radius 3 is 1.99 bits per heavy atom. The molecule has 386 valence electrons. The van der Waals surface area contributed by atoms with Crippen molar-refractivity contribution in [3.63, 3.8) is 0 Å². The third-order valence-electron chi connectivity index (χ3n) is 14.2. The third-order valence-corrected chi connectivity index (χ3v) is 14.2. The molecular weight excluding hydrogens is 937 g/mol. The lowest BCUT2D eigenvalue weighted by atomic mass is 9.92. The maximum atomic E-state index is 14.3. The van der Waals surface area contributed by atoms with Crippen molar-refractivity contribution in [2.45, 2.75) is 89.4 Å². The van der Waals surface area contributed by atoms with Crippen LogP contribution in [0.3, 0.4) is 0 Å². The van der Waals surface area contributed by atoms with Crippen LogP contribution in [-0.4, -0.2) is 155 Å². The first kappa shape index (κ1) is 51.8. The number of aromatic amines is 1. The molecule has 0 unspecified atom stereocenters. The quantitative estimate of drug-likeness (QED) is 0.127. The van der Waals surface area contributed by atoms with Gasteiger partial charge in [0.05, 0.1) is 63.8 Å². The molecule has 4 aliphatic rings. The topological polar surface area (TPSA) is 230 Å². The maximum absolute atomic E-state index is 14.3. The number of nitrogens with one attached hydrogen (secondary N) is 4. The second kappa shape index (κ2) is 21.7. The van der Waals surface area contributed by atoms with Gasteiger partial charge < -0.3 is 59.5 Å². The summed E-state index contributed by atoms with van der Waals surface area (Å²) in [6.45, 7) is 11.8. The van der Waals surface area contributed by atoms with Gasteiger partial charge in [-0.25, -0.2) is 19.6 Å². The standard InChI is InChI=1S/C53H64N10O10/c1-9-52(21-10-22-63(52)48(66)44(33(4)5)59-51(69)71-8)49(67)60-23-24-61(34(6)30-60)42-20-19-39(28-54-42)56-46(64)38-17-13-36(14-18-38)35-11-15-37(16-12-35)40-29-55-45(57-40)41-27-53(72-25-26-73-53)31-62(41)47(65)43(32(2)3)58-50(68)70-7/h1,11-20,28-29,32-34,41,43-44H,10,21-27,30-31H2,2-8H3,(H,55,57)(H,56,64)(H,58,68)(H,59,69)/t34-,41+,43+,44+,52+/m1/s1. The van der Waals surface area contributed by atoms with Crippen molar-refractivity contribution in [3.05, 3.63) is 84.4 Å². The number of pyridine rings is 1. The lowest BCUT2D eigenvalue weighted by Crippen LogP contribution is -2.64. The molecule has 8 rings (SSSR count). The zero-order valence-corrected chi connectivity index (χ0v) is 42.3. The van der Waals surface area contributed by atoms with E-state index in [-0.39, 0.29) is 42.1 Å². The van der Waals surface area contributed by atoms with Crippen LogP contribution < -0.4 is 20.9 Å². The highest BCUT2D eigenvalue weighted by atomic mass is 16.7. The second-order valence-corrected chi connectivity index (χ2v) is 19.6. The Hall–Kier alpha value is -7.50. The van der Waals surface area contributed by atoms with Crippen molar-refractivity contribution in [2.75, 3.05) is 70.4 Å². The monoisotopic (exact) mass is 1000 g/mol. The zero-order chi connectivity index (χ0) is 52.2. The van der Waals surface area contributed by atoms with Crippen molar-refractivity contribution < 1.29 is 47.7 Å². The first-order valence-electron chi connectivity index (χ1n) is 24.7. The average molecular weight is 1000 g/mol. The average Bonchev–Trinajstić information content (AvgIpc) is 4.24. The summed E-state index contributed by atoms with van der Waals surface area (Å²) in [4.78, 5) is 99.4. The first-order chi connectivity index (χ1) is 35.0. The largest absolute Gasteiger partial charge is 0.453 e. The Morgan fingerprint density at radius 2 is 1.41 bits per heavy atom. The molecule has 4 aliphatic heterocycles. The lowest BCUT2D eigenvalue weighted by Gasteiger charge is -2.44. The molecule has 0 bridgehead atoms. The van der Waals surface area contributed by atoms with E-state index in [9.17, 15) is 28.8 Å². The van der Waals surface area contributed by atoms with Gasteiger partial charge in [-0.1, -0.05) is 70.0 Å². The number of amides is 6. The Balaban J connectivity index is 0.861. The van der Waals surface area contributed by atoms with E-state index in [4.69, 9.17) is 30.4 Å². The smallest absolute Gasteiger partial charge is 0.407 e. The van der Waals surface area contributed by atoms with Crippen molar-refractivity contribution in [1.29, 1.82) is 0 Å². The summed E-state index contributed by atoms with van der Waals surface area (Å²) < 4.78 is 21.6. The Morgan fingerprint density at radius 1 is 0.795 bits per heavy atom. The highest BCUT2D eigenvalue weighted by Gasteiger charge is 2.54. The highest BCUT2D eigenvalue weighted by Crippen LogP contribution is 2.43. The number of ether oxygens (including phenoxy) is 4. The molecule has 2 aromatic heterocycles. The SMILES string of the molecule is C#C[C@@]1(C(=O)N2CCN(c3ccc(NC(=O)c4ccc(-c5ccc(-c6cnc([C@@H]7CC8(CN7C(=O)[C@@H](NC(=O)OC)C(C)C)OCCO8)[nH]6)cc5)cc4)cn3)[C@H](C)C2)CCCN1C(=O)[C@@H](NC(=O)OC)C(C)C. The number of carbonyl (C=O) groups excluding carboxylic acids is 6. The van der Waals surface area contributed by atoms with Crippen molar-refractivity contribution in [1.82, 2.24) is 40.3 Å². The van der Waals surface area contributed by atoms with Gasteiger partial charge in [0.1, 0.15) is 23.7 Å². The Kier molecular flexibility index (Phi) is 15.4. The molecule has 4 N–H and O–H groups in total. The van der Waals surface area contributed by atoms with Crippen LogP contribution in [0, 0.1) is 24.2 Å². The molecule has 0 saturated carbocycles. The molecule has 5 atom stereocenters. The first-order valence-corrected chi connectivity index (χ1v) is 24.7. The fourth-order valence-corrected chi connectivity index (χ4v) is 10.2. The van der Waals surface area contributed by atoms with Crippen LogP contribution in [0.25, 0.3) is 22.4 Å². The Bertz CT molecular complexity index is 2720. The van der Waals surface area contributed by atoms with Crippen LogP contribution in [0.15, 0.2) is 73.1 Å². The second-order valence-electron chi connectivity index (χ2n) is 19.6. The number of hydrogen-bond donors (Lipinski definition) is 4. The molecule has 4 saturated heterocycles. The van der Waals surface area contributed by atoms with Gasteiger partial charge in [0.2, 0.25) is 11.8 Å². The predicted octanol–water partition coefficient (Wildman–Crippen LogP) is 5.20. The fraction of sp³-hybridized carbons (Fsp3) is 0.472. The molecule has 2 aromatic carbocycles. The van der Waals surface area contributed by atoms with Crippen LogP contribution in [0.5, 0.6) is 0 Å². The summed E-state index contributed by atoms with van der Waals surface area (Å²) in [6.07, 6.45) is 9.22. The molecule has 73 heavy (non-hydrogen) atoms. The van der Waals surface area contributed by atoms with Crippen molar-refractivity contribution in [2.24, 2.45) is 11.8 Å². The summed E-state index contributed by atoms with van der Waals surface area (Å²) in [5.41, 5.74) is 2.99. The van der Waals surface area contributed by atoms with Gasteiger partial charge in [-0.3, -0.25) is 19.2 Å². The molecule has 0 radical (unpaired) electrons. The summed E-state index contributed by atoms with van der Waals surface area (Å²) in [6, 6.07) is 16.5. The highest BCUT2D eigenvalue weighted by molar-refractivity contribution is 6.04. The number of methoxy groups -OCH3 is 2. The van der Waals surface area contributed by atoms with Gasteiger partial charge in [-0.05, 0) is 72.6 Å². The molecule has 0 aliphatic carbocycles. The summed E-state index contributed by atoms with van der Waals surface area (Å²) in [5.74, 6) is 1.17. The molecular formula is C53H64N10O10. The number of H-pyrrole nitrogens is 1. The number of aromatic nitrogens is 3. The number of piperazine rings is 1. The number of imidazole rings is 1. The number of rotatable bonds is 13. The maximum Gasteiger partial charge on any atom is 0.407 e. The lowest BCUT2D eigenvalue weighted by molar-refractivity contribution is -0.153. The number of hydrogen-bond acceptors (Lipinski definition) is 13.